The van der Waals surface area contributed by atoms with Crippen LogP contribution in [0.25, 0.3) is 0 Å². The maximum absolute atomic E-state index is 14.4. The second-order valence-electron chi connectivity index (χ2n) is 6.75. The fourth-order valence-corrected chi connectivity index (χ4v) is 3.84. The molecule has 3 atom stereocenters. The molecule has 2 aliphatic carbocycles. The molecule has 4 nitrogen and oxygen atoms in total. The minimum atomic E-state index is -4.75. The number of nitriles is 1. The smallest absolute Gasteiger partial charge is 0.336 e. The largest absolute Gasteiger partial charge is 0.457 e. The van der Waals surface area contributed by atoms with Crippen molar-refractivity contribution < 1.29 is 36.9 Å². The summed E-state index contributed by atoms with van der Waals surface area (Å²) in [6.45, 7) is 0. The minimum absolute atomic E-state index is 0.112. The zero-order chi connectivity index (χ0) is 20.6. The van der Waals surface area contributed by atoms with E-state index >= 15 is 0 Å². The zero-order valence-electron chi connectivity index (χ0n) is 13.8. The molecule has 0 aromatic heterocycles. The molecule has 0 bridgehead atoms. The predicted molar refractivity (Wildman–Crippen MR) is 84.9 cm³/mol. The van der Waals surface area contributed by atoms with Crippen LogP contribution in [-0.4, -0.2) is 29.5 Å². The van der Waals surface area contributed by atoms with Gasteiger partial charge >= 0.3 is 11.8 Å². The normalized spacial score (nSPS) is 28.6. The monoisotopic (exact) mass is 393 g/mol. The molecule has 10 heteroatoms. The summed E-state index contributed by atoms with van der Waals surface area (Å²) in [5, 5.41) is 29.4. The number of halogens is 5. The van der Waals surface area contributed by atoms with Gasteiger partial charge in [0.05, 0.1) is 23.1 Å². The third kappa shape index (κ3) is 2.17. The SMILES string of the molecule is [B]C1(O)C(O)c2c(Oc3cc(F)cc(C#N)c3)ccc3c2C1C(F)(F)C3(F)F. The molecule has 4 rings (SSSR count). The van der Waals surface area contributed by atoms with Crippen molar-refractivity contribution in [1.29, 1.82) is 5.26 Å². The summed E-state index contributed by atoms with van der Waals surface area (Å²) in [6, 6.07) is 6.17. The van der Waals surface area contributed by atoms with Gasteiger partial charge in [0, 0.05) is 17.2 Å². The first-order valence-corrected chi connectivity index (χ1v) is 7.93. The molecule has 0 fully saturated rings. The summed E-state index contributed by atoms with van der Waals surface area (Å²) in [6.07, 6.45) is -2.16. The number of rotatable bonds is 2. The summed E-state index contributed by atoms with van der Waals surface area (Å²) < 4.78 is 76.2. The van der Waals surface area contributed by atoms with Gasteiger partial charge < -0.3 is 14.9 Å². The highest BCUT2D eigenvalue weighted by Crippen LogP contribution is 2.68. The molecule has 3 unspecified atom stereocenters. The second kappa shape index (κ2) is 5.46. The maximum atomic E-state index is 14.4. The van der Waals surface area contributed by atoms with Crippen molar-refractivity contribution in [3.05, 3.63) is 58.4 Å². The number of alkyl halides is 4. The summed E-state index contributed by atoms with van der Waals surface area (Å²) in [7, 11) is 5.42. The molecule has 0 spiro atoms. The number of aliphatic hydroxyl groups is 2. The Labute approximate surface area is 156 Å². The van der Waals surface area contributed by atoms with Gasteiger partial charge in [0.25, 0.3) is 0 Å². The summed E-state index contributed by atoms with van der Waals surface area (Å²) >= 11 is 0. The Hall–Kier alpha value is -2.64. The van der Waals surface area contributed by atoms with Crippen LogP contribution >= 0.6 is 0 Å². The first kappa shape index (κ1) is 18.7. The fourth-order valence-electron chi connectivity index (χ4n) is 3.84. The van der Waals surface area contributed by atoms with E-state index in [1.165, 1.54) is 0 Å². The predicted octanol–water partition coefficient (Wildman–Crippen LogP) is 3.22. The van der Waals surface area contributed by atoms with Gasteiger partial charge in [-0.3, -0.25) is 0 Å². The Kier molecular flexibility index (Phi) is 3.65. The highest BCUT2D eigenvalue weighted by atomic mass is 19.3. The molecular weight excluding hydrogens is 384 g/mol. The number of hydrogen-bond donors (Lipinski definition) is 2. The number of benzene rings is 2. The molecule has 2 aromatic rings. The van der Waals surface area contributed by atoms with E-state index in [0.717, 1.165) is 24.3 Å². The standard InChI is InChI=1S/C18H9BF5NO3/c19-16(27)14-12-10(17(21,22)18(14,23)24)1-2-11(13(12)15(16)26)28-9-4-7(6-25)3-8(20)5-9/h1-5,14-15,26-27H. The van der Waals surface area contributed by atoms with Crippen LogP contribution in [0.3, 0.4) is 0 Å². The zero-order valence-corrected chi connectivity index (χ0v) is 13.8. The van der Waals surface area contributed by atoms with E-state index in [4.69, 9.17) is 17.8 Å². The highest BCUT2D eigenvalue weighted by Gasteiger charge is 2.76. The number of ether oxygens (including phenoxy) is 1. The van der Waals surface area contributed by atoms with Gasteiger partial charge in [-0.25, -0.2) is 4.39 Å². The molecule has 2 aromatic carbocycles. The molecular formula is C18H9BF5NO3. The van der Waals surface area contributed by atoms with Gasteiger partial charge in [0.2, 0.25) is 0 Å². The minimum Gasteiger partial charge on any atom is -0.457 e. The number of hydrogen-bond acceptors (Lipinski definition) is 4. The Bertz CT molecular complexity index is 1050. The van der Waals surface area contributed by atoms with Crippen molar-refractivity contribution in [2.75, 3.05) is 0 Å². The van der Waals surface area contributed by atoms with E-state index in [9.17, 15) is 32.2 Å². The van der Waals surface area contributed by atoms with Crippen molar-refractivity contribution in [2.45, 2.75) is 29.4 Å². The average Bonchev–Trinajstić information content (AvgIpc) is 2.90. The van der Waals surface area contributed by atoms with Gasteiger partial charge in [-0.15, -0.1) is 0 Å². The van der Waals surface area contributed by atoms with Crippen LogP contribution in [0.15, 0.2) is 30.3 Å². The van der Waals surface area contributed by atoms with Crippen molar-refractivity contribution >= 4 is 7.85 Å². The lowest BCUT2D eigenvalue weighted by Crippen LogP contribution is -2.49. The lowest BCUT2D eigenvalue weighted by Gasteiger charge is -2.34. The second-order valence-corrected chi connectivity index (χ2v) is 6.75. The summed E-state index contributed by atoms with van der Waals surface area (Å²) in [5.74, 6) is -13.4. The molecule has 2 aliphatic rings. The topological polar surface area (TPSA) is 73.5 Å². The molecule has 28 heavy (non-hydrogen) atoms. The van der Waals surface area contributed by atoms with Gasteiger partial charge in [-0.1, -0.05) is 0 Å². The molecule has 2 radical (unpaired) electrons. The first-order chi connectivity index (χ1) is 12.9. The molecule has 2 N–H and O–H groups in total. The van der Waals surface area contributed by atoms with Crippen molar-refractivity contribution in [1.82, 2.24) is 0 Å². The Morgan fingerprint density at radius 3 is 2.43 bits per heavy atom. The molecule has 0 heterocycles. The first-order valence-electron chi connectivity index (χ1n) is 7.93. The Balaban J connectivity index is 1.91. The van der Waals surface area contributed by atoms with Crippen LogP contribution in [0.2, 0.25) is 0 Å². The van der Waals surface area contributed by atoms with E-state index in [-0.39, 0.29) is 17.1 Å². The van der Waals surface area contributed by atoms with Gasteiger partial charge in [0.15, 0.2) is 0 Å². The summed E-state index contributed by atoms with van der Waals surface area (Å²) in [5.41, 5.74) is -5.52. The third-order valence-electron chi connectivity index (χ3n) is 5.06. The quantitative estimate of drug-likeness (QED) is 0.607. The van der Waals surface area contributed by atoms with Crippen LogP contribution in [0.5, 0.6) is 11.5 Å². The van der Waals surface area contributed by atoms with Gasteiger partial charge in [-0.05, 0) is 29.8 Å². The highest BCUT2D eigenvalue weighted by molar-refractivity contribution is 6.16. The Morgan fingerprint density at radius 2 is 1.79 bits per heavy atom. The van der Waals surface area contributed by atoms with Crippen LogP contribution in [0.1, 0.15) is 34.3 Å². The Morgan fingerprint density at radius 1 is 1.11 bits per heavy atom. The van der Waals surface area contributed by atoms with Crippen molar-refractivity contribution in [3.8, 4) is 17.6 Å². The fraction of sp³-hybridized carbons (Fsp3) is 0.278. The molecule has 0 amide bonds. The average molecular weight is 393 g/mol. The lowest BCUT2D eigenvalue weighted by atomic mass is 9.69. The molecule has 142 valence electrons. The van der Waals surface area contributed by atoms with Crippen LogP contribution in [0, 0.1) is 17.1 Å². The van der Waals surface area contributed by atoms with Crippen molar-refractivity contribution in [2.24, 2.45) is 0 Å². The third-order valence-corrected chi connectivity index (χ3v) is 5.06. The summed E-state index contributed by atoms with van der Waals surface area (Å²) in [4.78, 5) is 0. The van der Waals surface area contributed by atoms with E-state index < -0.39 is 51.9 Å². The van der Waals surface area contributed by atoms with Crippen LogP contribution < -0.4 is 4.74 Å². The van der Waals surface area contributed by atoms with E-state index in [2.05, 4.69) is 0 Å². The maximum Gasteiger partial charge on any atom is 0.336 e. The van der Waals surface area contributed by atoms with E-state index in [1.54, 1.807) is 6.07 Å². The number of nitrogens with zero attached hydrogens (tertiary/aromatic N) is 1. The van der Waals surface area contributed by atoms with E-state index in [1.807, 2.05) is 0 Å². The van der Waals surface area contributed by atoms with Gasteiger partial charge in [0.1, 0.15) is 31.3 Å². The van der Waals surface area contributed by atoms with E-state index in [0.29, 0.717) is 6.07 Å². The van der Waals surface area contributed by atoms with Gasteiger partial charge in [-0.2, -0.15) is 22.8 Å². The van der Waals surface area contributed by atoms with Crippen LogP contribution in [-0.2, 0) is 5.92 Å². The number of aliphatic hydroxyl groups excluding tert-OH is 1. The molecule has 0 saturated heterocycles. The lowest BCUT2D eigenvalue weighted by molar-refractivity contribution is -0.234. The van der Waals surface area contributed by atoms with Crippen molar-refractivity contribution in [3.63, 3.8) is 0 Å². The van der Waals surface area contributed by atoms with Crippen LogP contribution in [0.4, 0.5) is 22.0 Å². The molecule has 0 aliphatic heterocycles. The molecule has 0 saturated carbocycles.